The molecule has 0 aliphatic heterocycles. The fourth-order valence-electron chi connectivity index (χ4n) is 2.69. The van der Waals surface area contributed by atoms with Crippen LogP contribution in [0.2, 0.25) is 0 Å². The lowest BCUT2D eigenvalue weighted by Crippen LogP contribution is -2.30. The first kappa shape index (κ1) is 18.4. The number of thiazole rings is 1. The summed E-state index contributed by atoms with van der Waals surface area (Å²) in [7, 11) is 0. The molecule has 1 heterocycles. The van der Waals surface area contributed by atoms with Gasteiger partial charge in [0.2, 0.25) is 0 Å². The maximum absolute atomic E-state index is 12.4. The Morgan fingerprint density at radius 1 is 1.23 bits per heavy atom. The van der Waals surface area contributed by atoms with Crippen molar-refractivity contribution < 1.29 is 9.53 Å². The monoisotopic (exact) mass is 368 g/mol. The minimum atomic E-state index is -0.598. The zero-order valence-corrected chi connectivity index (χ0v) is 16.4. The van der Waals surface area contributed by atoms with E-state index in [1.165, 1.54) is 16.9 Å². The molecule has 26 heavy (non-hydrogen) atoms. The molecular weight excluding hydrogens is 344 g/mol. The number of hydrogen-bond acceptors (Lipinski definition) is 4. The maximum Gasteiger partial charge on any atom is 0.266 e. The molecule has 3 aromatic rings. The van der Waals surface area contributed by atoms with Gasteiger partial charge in [0, 0.05) is 0 Å². The van der Waals surface area contributed by atoms with Crippen LogP contribution in [0.1, 0.15) is 44.2 Å². The van der Waals surface area contributed by atoms with Crippen molar-refractivity contribution >= 4 is 32.6 Å². The van der Waals surface area contributed by atoms with Crippen LogP contribution in [0.5, 0.6) is 5.75 Å². The van der Waals surface area contributed by atoms with E-state index in [9.17, 15) is 4.79 Å². The number of carbonyl (C=O) groups excluding carboxylic acids is 1. The number of anilines is 1. The van der Waals surface area contributed by atoms with Crippen molar-refractivity contribution in [1.29, 1.82) is 0 Å². The van der Waals surface area contributed by atoms with Crippen LogP contribution in [-0.4, -0.2) is 17.0 Å². The average Bonchev–Trinajstić information content (AvgIpc) is 3.02. The van der Waals surface area contributed by atoms with Gasteiger partial charge in [-0.2, -0.15) is 0 Å². The molecule has 3 rings (SSSR count). The van der Waals surface area contributed by atoms with Crippen molar-refractivity contribution in [2.24, 2.45) is 0 Å². The van der Waals surface area contributed by atoms with Crippen LogP contribution in [0.4, 0.5) is 5.13 Å². The third kappa shape index (κ3) is 4.22. The van der Waals surface area contributed by atoms with Gasteiger partial charge in [-0.05, 0) is 61.6 Å². The van der Waals surface area contributed by atoms with E-state index in [1.807, 2.05) is 37.3 Å². The van der Waals surface area contributed by atoms with Crippen molar-refractivity contribution in [2.75, 3.05) is 5.32 Å². The Balaban J connectivity index is 1.70. The predicted molar refractivity (Wildman–Crippen MR) is 108 cm³/mol. The zero-order chi connectivity index (χ0) is 18.7. The summed E-state index contributed by atoms with van der Waals surface area (Å²) in [6.07, 6.45) is 0.501. The molecular formula is C21H24N2O2S. The molecule has 2 atom stereocenters. The van der Waals surface area contributed by atoms with Crippen LogP contribution in [0.25, 0.3) is 10.2 Å². The Morgan fingerprint density at radius 3 is 2.77 bits per heavy atom. The van der Waals surface area contributed by atoms with Gasteiger partial charge in [0.05, 0.1) is 10.2 Å². The van der Waals surface area contributed by atoms with Gasteiger partial charge in [0.1, 0.15) is 5.75 Å². The van der Waals surface area contributed by atoms with Crippen molar-refractivity contribution in [2.45, 2.75) is 46.1 Å². The summed E-state index contributed by atoms with van der Waals surface area (Å²) in [5.74, 6) is 1.00. The first-order valence-electron chi connectivity index (χ1n) is 8.91. The molecule has 5 heteroatoms. The SMILES string of the molecule is CCC(C)c1ccc2nc(NC(=O)C(C)Oc3cccc(C)c3)sc2c1. The predicted octanol–water partition coefficient (Wildman–Crippen LogP) is 5.52. The van der Waals surface area contributed by atoms with Gasteiger partial charge < -0.3 is 4.74 Å². The fourth-order valence-corrected chi connectivity index (χ4v) is 3.61. The van der Waals surface area contributed by atoms with E-state index in [0.717, 1.165) is 22.2 Å². The largest absolute Gasteiger partial charge is 0.481 e. The second-order valence-corrected chi connectivity index (χ2v) is 7.65. The summed E-state index contributed by atoms with van der Waals surface area (Å²) in [6.45, 7) is 8.14. The molecule has 0 aliphatic carbocycles. The lowest BCUT2D eigenvalue weighted by Gasteiger charge is -2.13. The highest BCUT2D eigenvalue weighted by atomic mass is 32.1. The normalized spacial score (nSPS) is 13.4. The van der Waals surface area contributed by atoms with Crippen LogP contribution < -0.4 is 10.1 Å². The van der Waals surface area contributed by atoms with E-state index in [0.29, 0.717) is 16.8 Å². The van der Waals surface area contributed by atoms with Crippen molar-refractivity contribution in [1.82, 2.24) is 4.98 Å². The van der Waals surface area contributed by atoms with E-state index >= 15 is 0 Å². The van der Waals surface area contributed by atoms with Crippen molar-refractivity contribution in [3.63, 3.8) is 0 Å². The highest BCUT2D eigenvalue weighted by Crippen LogP contribution is 2.30. The number of aromatic nitrogens is 1. The van der Waals surface area contributed by atoms with Crippen LogP contribution >= 0.6 is 11.3 Å². The molecule has 1 amide bonds. The maximum atomic E-state index is 12.4. The summed E-state index contributed by atoms with van der Waals surface area (Å²) < 4.78 is 6.82. The molecule has 0 saturated carbocycles. The number of hydrogen-bond donors (Lipinski definition) is 1. The number of carbonyl (C=O) groups is 1. The molecule has 0 bridgehead atoms. The standard InChI is InChI=1S/C21H24N2O2S/c1-5-14(3)16-9-10-18-19(12-16)26-21(22-18)23-20(24)15(4)25-17-8-6-7-13(2)11-17/h6-12,14-15H,5H2,1-4H3,(H,22,23,24). The summed E-state index contributed by atoms with van der Waals surface area (Å²) in [6, 6.07) is 14.0. The number of amides is 1. The molecule has 0 fully saturated rings. The fraction of sp³-hybridized carbons (Fsp3) is 0.333. The minimum absolute atomic E-state index is 0.201. The second kappa shape index (κ2) is 7.87. The van der Waals surface area contributed by atoms with Gasteiger partial charge in [0.15, 0.2) is 11.2 Å². The molecule has 0 saturated heterocycles. The number of ether oxygens (including phenoxy) is 1. The van der Waals surface area contributed by atoms with Gasteiger partial charge in [0.25, 0.3) is 5.91 Å². The Labute approximate surface area is 158 Å². The van der Waals surface area contributed by atoms with Crippen LogP contribution in [0.15, 0.2) is 42.5 Å². The zero-order valence-electron chi connectivity index (χ0n) is 15.6. The summed E-state index contributed by atoms with van der Waals surface area (Å²) in [5.41, 5.74) is 3.31. The van der Waals surface area contributed by atoms with E-state index in [-0.39, 0.29) is 5.91 Å². The smallest absolute Gasteiger partial charge is 0.266 e. The van der Waals surface area contributed by atoms with Gasteiger partial charge in [-0.1, -0.05) is 43.4 Å². The first-order valence-corrected chi connectivity index (χ1v) is 9.72. The minimum Gasteiger partial charge on any atom is -0.481 e. The molecule has 136 valence electrons. The molecule has 0 aliphatic rings. The highest BCUT2D eigenvalue weighted by molar-refractivity contribution is 7.22. The highest BCUT2D eigenvalue weighted by Gasteiger charge is 2.17. The molecule has 1 aromatic heterocycles. The number of rotatable bonds is 6. The van der Waals surface area contributed by atoms with Crippen LogP contribution in [0, 0.1) is 6.92 Å². The quantitative estimate of drug-likeness (QED) is 0.623. The van der Waals surface area contributed by atoms with Gasteiger partial charge in [-0.3, -0.25) is 10.1 Å². The molecule has 1 N–H and O–H groups in total. The molecule has 0 radical (unpaired) electrons. The molecule has 4 nitrogen and oxygen atoms in total. The molecule has 2 aromatic carbocycles. The van der Waals surface area contributed by atoms with Gasteiger partial charge in [-0.15, -0.1) is 0 Å². The third-order valence-electron chi connectivity index (χ3n) is 4.50. The number of aryl methyl sites for hydroxylation is 1. The van der Waals surface area contributed by atoms with E-state index < -0.39 is 6.10 Å². The number of nitrogens with zero attached hydrogens (tertiary/aromatic N) is 1. The lowest BCUT2D eigenvalue weighted by atomic mass is 9.99. The van der Waals surface area contributed by atoms with Crippen LogP contribution in [0.3, 0.4) is 0 Å². The van der Waals surface area contributed by atoms with E-state index in [4.69, 9.17) is 4.74 Å². The van der Waals surface area contributed by atoms with E-state index in [2.05, 4.69) is 36.3 Å². The van der Waals surface area contributed by atoms with Gasteiger partial charge in [-0.25, -0.2) is 4.98 Å². The summed E-state index contributed by atoms with van der Waals surface area (Å²) in [4.78, 5) is 16.9. The number of fused-ring (bicyclic) bond motifs is 1. The van der Waals surface area contributed by atoms with E-state index in [1.54, 1.807) is 6.92 Å². The summed E-state index contributed by atoms with van der Waals surface area (Å²) >= 11 is 1.50. The average molecular weight is 369 g/mol. The Bertz CT molecular complexity index is 919. The van der Waals surface area contributed by atoms with Crippen molar-refractivity contribution in [3.8, 4) is 5.75 Å². The van der Waals surface area contributed by atoms with Crippen LogP contribution in [-0.2, 0) is 4.79 Å². The van der Waals surface area contributed by atoms with Gasteiger partial charge >= 0.3 is 0 Å². The number of nitrogens with one attached hydrogen (secondary N) is 1. The topological polar surface area (TPSA) is 51.2 Å². The lowest BCUT2D eigenvalue weighted by molar-refractivity contribution is -0.122. The molecule has 2 unspecified atom stereocenters. The second-order valence-electron chi connectivity index (χ2n) is 6.62. The Hall–Kier alpha value is -2.40. The first-order chi connectivity index (χ1) is 12.5. The number of benzene rings is 2. The third-order valence-corrected chi connectivity index (χ3v) is 5.43. The Morgan fingerprint density at radius 2 is 2.04 bits per heavy atom. The Kier molecular flexibility index (Phi) is 5.57. The van der Waals surface area contributed by atoms with Crippen molar-refractivity contribution in [3.05, 3.63) is 53.6 Å². The summed E-state index contributed by atoms with van der Waals surface area (Å²) in [5, 5.41) is 3.47. The molecule has 0 spiro atoms.